The first kappa shape index (κ1) is 10.9. The fourth-order valence-corrected chi connectivity index (χ4v) is 1.88. The van der Waals surface area contributed by atoms with Gasteiger partial charge in [-0.05, 0) is 31.8 Å². The van der Waals surface area contributed by atoms with Crippen molar-refractivity contribution in [2.24, 2.45) is 5.92 Å². The molecule has 1 heterocycles. The summed E-state index contributed by atoms with van der Waals surface area (Å²) in [6.07, 6.45) is 4.49. The lowest BCUT2D eigenvalue weighted by Gasteiger charge is -2.26. The van der Waals surface area contributed by atoms with E-state index in [1.807, 2.05) is 0 Å². The van der Waals surface area contributed by atoms with E-state index >= 15 is 0 Å². The lowest BCUT2D eigenvalue weighted by Crippen LogP contribution is -2.41. The standard InChI is InChI=1S/C8H18N2O2S/c1-13(11,12)10-5-3-2-4-8-6-9-7-8/h8-10H,2-7H2,1H3. The van der Waals surface area contributed by atoms with Crippen LogP contribution in [0.3, 0.4) is 0 Å². The van der Waals surface area contributed by atoms with Crippen molar-refractivity contribution in [3.05, 3.63) is 0 Å². The molecule has 1 saturated heterocycles. The Labute approximate surface area is 80.1 Å². The minimum Gasteiger partial charge on any atom is -0.316 e. The van der Waals surface area contributed by atoms with Crippen molar-refractivity contribution in [1.29, 1.82) is 0 Å². The fraction of sp³-hybridized carbons (Fsp3) is 1.00. The third-order valence-corrected chi connectivity index (χ3v) is 3.00. The van der Waals surface area contributed by atoms with Crippen LogP contribution in [-0.4, -0.2) is 34.3 Å². The van der Waals surface area contributed by atoms with Gasteiger partial charge in [0, 0.05) is 6.54 Å². The summed E-state index contributed by atoms with van der Waals surface area (Å²) < 4.78 is 23.8. The van der Waals surface area contributed by atoms with Gasteiger partial charge in [0.25, 0.3) is 0 Å². The molecular formula is C8H18N2O2S. The summed E-state index contributed by atoms with van der Waals surface area (Å²) in [6, 6.07) is 0. The van der Waals surface area contributed by atoms with E-state index in [2.05, 4.69) is 10.0 Å². The van der Waals surface area contributed by atoms with Crippen LogP contribution in [0.15, 0.2) is 0 Å². The van der Waals surface area contributed by atoms with Crippen LogP contribution in [0.5, 0.6) is 0 Å². The van der Waals surface area contributed by atoms with E-state index in [1.165, 1.54) is 12.7 Å². The lowest BCUT2D eigenvalue weighted by molar-refractivity contribution is 0.318. The largest absolute Gasteiger partial charge is 0.316 e. The molecule has 2 N–H and O–H groups in total. The molecule has 0 spiro atoms. The third-order valence-electron chi connectivity index (χ3n) is 2.27. The Morgan fingerprint density at radius 2 is 2.08 bits per heavy atom. The summed E-state index contributed by atoms with van der Waals surface area (Å²) in [5, 5.41) is 3.21. The maximum atomic E-state index is 10.7. The van der Waals surface area contributed by atoms with Gasteiger partial charge in [0.2, 0.25) is 10.0 Å². The first-order chi connectivity index (χ1) is 6.08. The molecule has 78 valence electrons. The molecule has 0 aromatic heterocycles. The molecule has 1 fully saturated rings. The molecule has 4 nitrogen and oxygen atoms in total. The molecule has 0 atom stereocenters. The predicted octanol–water partition coefficient (Wildman–Crippen LogP) is -0.0747. The van der Waals surface area contributed by atoms with Crippen LogP contribution in [-0.2, 0) is 10.0 Å². The Morgan fingerprint density at radius 1 is 1.38 bits per heavy atom. The van der Waals surface area contributed by atoms with Gasteiger partial charge in [0.1, 0.15) is 0 Å². The molecule has 1 aliphatic heterocycles. The highest BCUT2D eigenvalue weighted by molar-refractivity contribution is 7.88. The second-order valence-corrected chi connectivity index (χ2v) is 5.52. The second kappa shape index (κ2) is 4.93. The normalized spacial score (nSPS) is 18.5. The van der Waals surface area contributed by atoms with Gasteiger partial charge in [0.15, 0.2) is 0 Å². The van der Waals surface area contributed by atoms with E-state index in [0.717, 1.165) is 31.8 Å². The molecule has 1 rings (SSSR count). The number of sulfonamides is 1. The number of nitrogens with one attached hydrogen (secondary N) is 2. The highest BCUT2D eigenvalue weighted by Gasteiger charge is 2.15. The van der Waals surface area contributed by atoms with Crippen molar-refractivity contribution >= 4 is 10.0 Å². The van der Waals surface area contributed by atoms with Crippen LogP contribution in [0.4, 0.5) is 0 Å². The summed E-state index contributed by atoms with van der Waals surface area (Å²) in [5.41, 5.74) is 0. The van der Waals surface area contributed by atoms with Crippen molar-refractivity contribution < 1.29 is 8.42 Å². The molecular weight excluding hydrogens is 188 g/mol. The minimum atomic E-state index is -2.98. The van der Waals surface area contributed by atoms with Crippen LogP contribution < -0.4 is 10.0 Å². The summed E-state index contributed by atoms with van der Waals surface area (Å²) in [4.78, 5) is 0. The van der Waals surface area contributed by atoms with Crippen molar-refractivity contribution in [3.63, 3.8) is 0 Å². The van der Waals surface area contributed by atoms with Crippen LogP contribution >= 0.6 is 0 Å². The molecule has 0 aliphatic carbocycles. The predicted molar refractivity (Wildman–Crippen MR) is 53.1 cm³/mol. The van der Waals surface area contributed by atoms with Gasteiger partial charge in [-0.15, -0.1) is 0 Å². The molecule has 0 amide bonds. The Bertz CT molecular complexity index is 235. The van der Waals surface area contributed by atoms with E-state index < -0.39 is 10.0 Å². The summed E-state index contributed by atoms with van der Waals surface area (Å²) in [5.74, 6) is 0.832. The summed E-state index contributed by atoms with van der Waals surface area (Å²) in [6.45, 7) is 2.86. The van der Waals surface area contributed by atoms with Crippen LogP contribution in [0.2, 0.25) is 0 Å². The molecule has 5 heteroatoms. The maximum absolute atomic E-state index is 10.7. The average molecular weight is 206 g/mol. The SMILES string of the molecule is CS(=O)(=O)NCCCCC1CNC1. The summed E-state index contributed by atoms with van der Waals surface area (Å²) >= 11 is 0. The number of hydrogen-bond donors (Lipinski definition) is 2. The monoisotopic (exact) mass is 206 g/mol. The molecule has 1 aliphatic rings. The maximum Gasteiger partial charge on any atom is 0.208 e. The van der Waals surface area contributed by atoms with Crippen LogP contribution in [0.1, 0.15) is 19.3 Å². The smallest absolute Gasteiger partial charge is 0.208 e. The number of hydrogen-bond acceptors (Lipinski definition) is 3. The zero-order valence-electron chi connectivity index (χ0n) is 8.04. The Morgan fingerprint density at radius 3 is 2.54 bits per heavy atom. The van der Waals surface area contributed by atoms with Crippen molar-refractivity contribution in [3.8, 4) is 0 Å². The lowest BCUT2D eigenvalue weighted by atomic mass is 9.97. The van der Waals surface area contributed by atoms with Gasteiger partial charge >= 0.3 is 0 Å². The number of unbranched alkanes of at least 4 members (excludes halogenated alkanes) is 1. The molecule has 13 heavy (non-hydrogen) atoms. The van der Waals surface area contributed by atoms with Gasteiger partial charge in [0.05, 0.1) is 6.26 Å². The van der Waals surface area contributed by atoms with Crippen LogP contribution in [0, 0.1) is 5.92 Å². The minimum absolute atomic E-state index is 0.582. The Kier molecular flexibility index (Phi) is 4.15. The van der Waals surface area contributed by atoms with Gasteiger partial charge in [-0.1, -0.05) is 6.42 Å². The van der Waals surface area contributed by atoms with Crippen molar-refractivity contribution in [1.82, 2.24) is 10.0 Å². The second-order valence-electron chi connectivity index (χ2n) is 3.69. The summed E-state index contributed by atoms with van der Waals surface area (Å²) in [7, 11) is -2.98. The van der Waals surface area contributed by atoms with E-state index in [9.17, 15) is 8.42 Å². The van der Waals surface area contributed by atoms with Gasteiger partial charge < -0.3 is 5.32 Å². The fourth-order valence-electron chi connectivity index (χ4n) is 1.37. The zero-order chi connectivity index (χ0) is 9.73. The van der Waals surface area contributed by atoms with Crippen molar-refractivity contribution in [2.75, 3.05) is 25.9 Å². The quantitative estimate of drug-likeness (QED) is 0.598. The molecule has 0 radical (unpaired) electrons. The van der Waals surface area contributed by atoms with Crippen molar-refractivity contribution in [2.45, 2.75) is 19.3 Å². The highest BCUT2D eigenvalue weighted by atomic mass is 32.2. The molecule has 0 saturated carbocycles. The molecule has 0 aromatic carbocycles. The van der Waals surface area contributed by atoms with Gasteiger partial charge in [-0.25, -0.2) is 13.1 Å². The Balaban J connectivity index is 1.89. The first-order valence-electron chi connectivity index (χ1n) is 4.73. The van der Waals surface area contributed by atoms with E-state index in [4.69, 9.17) is 0 Å². The topological polar surface area (TPSA) is 58.2 Å². The van der Waals surface area contributed by atoms with Gasteiger partial charge in [-0.3, -0.25) is 0 Å². The van der Waals surface area contributed by atoms with E-state index in [1.54, 1.807) is 0 Å². The number of rotatable bonds is 6. The zero-order valence-corrected chi connectivity index (χ0v) is 8.86. The first-order valence-corrected chi connectivity index (χ1v) is 6.62. The molecule has 0 bridgehead atoms. The van der Waals surface area contributed by atoms with Crippen LogP contribution in [0.25, 0.3) is 0 Å². The van der Waals surface area contributed by atoms with Gasteiger partial charge in [-0.2, -0.15) is 0 Å². The van der Waals surface area contributed by atoms with E-state index in [-0.39, 0.29) is 0 Å². The highest BCUT2D eigenvalue weighted by Crippen LogP contribution is 2.11. The molecule has 0 unspecified atom stereocenters. The molecule has 0 aromatic rings. The van der Waals surface area contributed by atoms with E-state index in [0.29, 0.717) is 6.54 Å². The average Bonchev–Trinajstić information content (AvgIpc) is 1.90. The Hall–Kier alpha value is -0.130. The third kappa shape index (κ3) is 5.23.